The predicted octanol–water partition coefficient (Wildman–Crippen LogP) is 3.59. The summed E-state index contributed by atoms with van der Waals surface area (Å²) in [6.07, 6.45) is 0.270. The third-order valence-electron chi connectivity index (χ3n) is 3.59. The van der Waals surface area contributed by atoms with E-state index < -0.39 is 0 Å². The highest BCUT2D eigenvalue weighted by atomic mass is 16.5. The average molecular weight is 329 g/mol. The standard InChI is InChI=1S/C19H23NO4/c1-5-24-15-8-6-14(7-9-15)11-19(21)20-16-12-17(22-3)13(2)10-18(16)23-4/h6-10,12H,5,11H2,1-4H3,(H,20,21). The zero-order valence-electron chi connectivity index (χ0n) is 14.5. The van der Waals surface area contributed by atoms with E-state index >= 15 is 0 Å². The lowest BCUT2D eigenvalue weighted by Crippen LogP contribution is -2.15. The first-order chi connectivity index (χ1) is 11.6. The monoisotopic (exact) mass is 329 g/mol. The lowest BCUT2D eigenvalue weighted by atomic mass is 10.1. The summed E-state index contributed by atoms with van der Waals surface area (Å²) in [6.45, 7) is 4.48. The average Bonchev–Trinajstić information content (AvgIpc) is 2.58. The first-order valence-corrected chi connectivity index (χ1v) is 7.81. The Morgan fingerprint density at radius 3 is 2.29 bits per heavy atom. The number of methoxy groups -OCH3 is 2. The second kappa shape index (κ2) is 8.24. The Balaban J connectivity index is 2.09. The molecule has 0 aromatic heterocycles. The van der Waals surface area contributed by atoms with Crippen molar-refractivity contribution in [3.05, 3.63) is 47.5 Å². The molecular formula is C19H23NO4. The number of hydrogen-bond acceptors (Lipinski definition) is 4. The van der Waals surface area contributed by atoms with Gasteiger partial charge in [0.1, 0.15) is 17.2 Å². The van der Waals surface area contributed by atoms with E-state index in [0.717, 1.165) is 16.9 Å². The van der Waals surface area contributed by atoms with Gasteiger partial charge in [-0.15, -0.1) is 0 Å². The van der Waals surface area contributed by atoms with E-state index in [1.807, 2.05) is 44.2 Å². The third-order valence-corrected chi connectivity index (χ3v) is 3.59. The van der Waals surface area contributed by atoms with Gasteiger partial charge >= 0.3 is 0 Å². The molecule has 0 aliphatic carbocycles. The van der Waals surface area contributed by atoms with Crippen LogP contribution in [-0.4, -0.2) is 26.7 Å². The number of benzene rings is 2. The van der Waals surface area contributed by atoms with Crippen LogP contribution in [0.1, 0.15) is 18.1 Å². The van der Waals surface area contributed by atoms with Crippen LogP contribution in [0, 0.1) is 6.92 Å². The smallest absolute Gasteiger partial charge is 0.228 e. The number of carbonyl (C=O) groups is 1. The van der Waals surface area contributed by atoms with Gasteiger partial charge in [0.05, 0.1) is 32.9 Å². The molecule has 1 amide bonds. The fourth-order valence-corrected chi connectivity index (χ4v) is 2.40. The summed E-state index contributed by atoms with van der Waals surface area (Å²) in [5, 5.41) is 2.88. The molecule has 24 heavy (non-hydrogen) atoms. The van der Waals surface area contributed by atoms with Gasteiger partial charge in [-0.25, -0.2) is 0 Å². The van der Waals surface area contributed by atoms with E-state index in [1.165, 1.54) is 0 Å². The highest BCUT2D eigenvalue weighted by Crippen LogP contribution is 2.32. The van der Waals surface area contributed by atoms with Gasteiger partial charge in [0.25, 0.3) is 0 Å². The minimum absolute atomic E-state index is 0.122. The molecule has 5 heteroatoms. The summed E-state index contributed by atoms with van der Waals surface area (Å²) in [5.41, 5.74) is 2.45. The molecule has 0 bridgehead atoms. The molecule has 0 unspecified atom stereocenters. The van der Waals surface area contributed by atoms with Crippen LogP contribution in [-0.2, 0) is 11.2 Å². The quantitative estimate of drug-likeness (QED) is 0.843. The molecule has 5 nitrogen and oxygen atoms in total. The molecular weight excluding hydrogens is 306 g/mol. The predicted molar refractivity (Wildman–Crippen MR) is 94.2 cm³/mol. The number of rotatable bonds is 7. The topological polar surface area (TPSA) is 56.8 Å². The normalized spacial score (nSPS) is 10.2. The van der Waals surface area contributed by atoms with Gasteiger partial charge in [-0.05, 0) is 43.2 Å². The van der Waals surface area contributed by atoms with Crippen LogP contribution in [0.25, 0.3) is 0 Å². The van der Waals surface area contributed by atoms with Crippen molar-refractivity contribution in [1.82, 2.24) is 0 Å². The van der Waals surface area contributed by atoms with Crippen LogP contribution in [0.3, 0.4) is 0 Å². The number of hydrogen-bond donors (Lipinski definition) is 1. The SMILES string of the molecule is CCOc1ccc(CC(=O)Nc2cc(OC)c(C)cc2OC)cc1. The largest absolute Gasteiger partial charge is 0.496 e. The van der Waals surface area contributed by atoms with E-state index in [2.05, 4.69) is 5.32 Å². The lowest BCUT2D eigenvalue weighted by Gasteiger charge is -2.14. The van der Waals surface area contributed by atoms with Crippen molar-refractivity contribution in [3.63, 3.8) is 0 Å². The number of amides is 1. The Bertz CT molecular complexity index is 695. The van der Waals surface area contributed by atoms with Gasteiger partial charge in [0, 0.05) is 6.07 Å². The molecule has 2 aromatic carbocycles. The Morgan fingerprint density at radius 1 is 1.04 bits per heavy atom. The van der Waals surface area contributed by atoms with Gasteiger partial charge in [0.15, 0.2) is 0 Å². The molecule has 128 valence electrons. The maximum atomic E-state index is 12.3. The molecule has 2 rings (SSSR count). The van der Waals surface area contributed by atoms with Crippen molar-refractivity contribution in [2.24, 2.45) is 0 Å². The molecule has 0 atom stereocenters. The Kier molecular flexibility index (Phi) is 6.07. The van der Waals surface area contributed by atoms with Gasteiger partial charge in [-0.1, -0.05) is 12.1 Å². The summed E-state index contributed by atoms with van der Waals surface area (Å²) in [6, 6.07) is 11.1. The Labute approximate surface area is 142 Å². The minimum atomic E-state index is -0.122. The van der Waals surface area contributed by atoms with E-state index in [9.17, 15) is 4.79 Å². The van der Waals surface area contributed by atoms with Crippen molar-refractivity contribution in [2.45, 2.75) is 20.3 Å². The highest BCUT2D eigenvalue weighted by Gasteiger charge is 2.12. The summed E-state index contributed by atoms with van der Waals surface area (Å²) in [4.78, 5) is 12.3. The molecule has 1 N–H and O–H groups in total. The number of carbonyl (C=O) groups excluding carboxylic acids is 1. The second-order valence-electron chi connectivity index (χ2n) is 5.32. The molecule has 0 saturated heterocycles. The maximum Gasteiger partial charge on any atom is 0.228 e. The van der Waals surface area contributed by atoms with Crippen molar-refractivity contribution < 1.29 is 19.0 Å². The van der Waals surface area contributed by atoms with Gasteiger partial charge < -0.3 is 19.5 Å². The van der Waals surface area contributed by atoms with E-state index in [1.54, 1.807) is 20.3 Å². The first kappa shape index (κ1) is 17.7. The van der Waals surface area contributed by atoms with Crippen LogP contribution < -0.4 is 19.5 Å². The number of ether oxygens (including phenoxy) is 3. The molecule has 2 aromatic rings. The minimum Gasteiger partial charge on any atom is -0.496 e. The summed E-state index contributed by atoms with van der Waals surface area (Å²) in [5.74, 6) is 1.98. The fourth-order valence-electron chi connectivity index (χ4n) is 2.40. The third kappa shape index (κ3) is 4.41. The molecule has 0 aliphatic rings. The van der Waals surface area contributed by atoms with Crippen LogP contribution in [0.4, 0.5) is 5.69 Å². The van der Waals surface area contributed by atoms with Gasteiger partial charge in [-0.2, -0.15) is 0 Å². The molecule has 0 spiro atoms. The molecule has 0 fully saturated rings. The van der Waals surface area contributed by atoms with Gasteiger partial charge in [0.2, 0.25) is 5.91 Å². The molecule has 0 radical (unpaired) electrons. The van der Waals surface area contributed by atoms with Gasteiger partial charge in [-0.3, -0.25) is 4.79 Å². The Hall–Kier alpha value is -2.69. The van der Waals surface area contributed by atoms with E-state index in [4.69, 9.17) is 14.2 Å². The zero-order valence-corrected chi connectivity index (χ0v) is 14.5. The number of aryl methyl sites for hydroxylation is 1. The second-order valence-corrected chi connectivity index (χ2v) is 5.32. The summed E-state index contributed by atoms with van der Waals surface area (Å²) < 4.78 is 16.0. The highest BCUT2D eigenvalue weighted by molar-refractivity contribution is 5.94. The maximum absolute atomic E-state index is 12.3. The lowest BCUT2D eigenvalue weighted by molar-refractivity contribution is -0.115. The first-order valence-electron chi connectivity index (χ1n) is 7.81. The van der Waals surface area contributed by atoms with Crippen LogP contribution in [0.15, 0.2) is 36.4 Å². The fraction of sp³-hybridized carbons (Fsp3) is 0.316. The summed E-state index contributed by atoms with van der Waals surface area (Å²) in [7, 11) is 3.17. The molecule has 0 saturated carbocycles. The van der Waals surface area contributed by atoms with Crippen molar-refractivity contribution in [2.75, 3.05) is 26.1 Å². The Morgan fingerprint density at radius 2 is 1.71 bits per heavy atom. The van der Waals surface area contributed by atoms with Crippen molar-refractivity contribution in [1.29, 1.82) is 0 Å². The zero-order chi connectivity index (χ0) is 17.5. The van der Waals surface area contributed by atoms with E-state index in [-0.39, 0.29) is 12.3 Å². The summed E-state index contributed by atoms with van der Waals surface area (Å²) >= 11 is 0. The number of nitrogens with one attached hydrogen (secondary N) is 1. The van der Waals surface area contributed by atoms with E-state index in [0.29, 0.717) is 23.8 Å². The number of anilines is 1. The van der Waals surface area contributed by atoms with Crippen LogP contribution >= 0.6 is 0 Å². The molecule has 0 heterocycles. The van der Waals surface area contributed by atoms with Crippen LogP contribution in [0.5, 0.6) is 17.2 Å². The molecule has 0 aliphatic heterocycles. The van der Waals surface area contributed by atoms with Crippen LogP contribution in [0.2, 0.25) is 0 Å². The van der Waals surface area contributed by atoms with Crippen molar-refractivity contribution >= 4 is 11.6 Å². The van der Waals surface area contributed by atoms with Crippen molar-refractivity contribution in [3.8, 4) is 17.2 Å².